The zero-order valence-corrected chi connectivity index (χ0v) is 12.4. The van der Waals surface area contributed by atoms with Gasteiger partial charge >= 0.3 is 0 Å². The minimum Gasteiger partial charge on any atom is -0.358 e. The molecule has 1 saturated heterocycles. The topological polar surface area (TPSA) is 87.5 Å². The maximum absolute atomic E-state index is 11.9. The van der Waals surface area contributed by atoms with Crippen molar-refractivity contribution in [1.82, 2.24) is 10.2 Å². The lowest BCUT2D eigenvalue weighted by atomic mass is 10.1. The molecule has 0 saturated carbocycles. The van der Waals surface area contributed by atoms with Gasteiger partial charge in [-0.3, -0.25) is 14.5 Å². The number of nitrogens with one attached hydrogen (secondary N) is 2. The van der Waals surface area contributed by atoms with Crippen LogP contribution in [0.1, 0.15) is 18.9 Å². The smallest absolute Gasteiger partial charge is 0.237 e. The molecule has 0 unspecified atom stereocenters. The van der Waals surface area contributed by atoms with Crippen LogP contribution in [-0.2, 0) is 16.1 Å². The lowest BCUT2D eigenvalue weighted by Crippen LogP contribution is -2.41. The Kier molecular flexibility index (Phi) is 4.93. The highest BCUT2D eigenvalue weighted by Crippen LogP contribution is 2.20. The van der Waals surface area contributed by atoms with Crippen LogP contribution >= 0.6 is 0 Å². The van der Waals surface area contributed by atoms with E-state index in [1.807, 2.05) is 24.3 Å². The van der Waals surface area contributed by atoms with Crippen molar-refractivity contribution < 1.29 is 9.59 Å². The van der Waals surface area contributed by atoms with Crippen LogP contribution in [0.15, 0.2) is 24.3 Å². The van der Waals surface area contributed by atoms with Gasteiger partial charge in [-0.2, -0.15) is 0 Å². The molecule has 1 heterocycles. The molecule has 6 nitrogen and oxygen atoms in total. The number of likely N-dealkylation sites (N-methyl/N-ethyl adjacent to an activating group) is 1. The predicted octanol–water partition coefficient (Wildman–Crippen LogP) is 0.293. The SMILES string of the molecule is CNC(=O)[C@@H]1C[C@H](N)CN1Cc1ccc(NC(C)=O)cc1. The van der Waals surface area contributed by atoms with E-state index in [0.29, 0.717) is 19.5 Å². The van der Waals surface area contributed by atoms with E-state index in [1.54, 1.807) is 7.05 Å². The van der Waals surface area contributed by atoms with E-state index in [1.165, 1.54) is 6.92 Å². The van der Waals surface area contributed by atoms with Crippen molar-refractivity contribution >= 4 is 17.5 Å². The van der Waals surface area contributed by atoms with Crippen molar-refractivity contribution in [2.45, 2.75) is 32.0 Å². The highest BCUT2D eigenvalue weighted by atomic mass is 16.2. The van der Waals surface area contributed by atoms with Gasteiger partial charge in [-0.15, -0.1) is 0 Å². The highest BCUT2D eigenvalue weighted by molar-refractivity contribution is 5.88. The second-order valence-corrected chi connectivity index (χ2v) is 5.43. The standard InChI is InChI=1S/C15H22N4O2/c1-10(20)18-13-5-3-11(4-6-13)8-19-9-12(16)7-14(19)15(21)17-2/h3-6,12,14H,7-9,16H2,1-2H3,(H,17,21)(H,18,20)/t12-,14-/m0/s1. The summed E-state index contributed by atoms with van der Waals surface area (Å²) in [7, 11) is 1.65. The number of benzene rings is 1. The van der Waals surface area contributed by atoms with E-state index >= 15 is 0 Å². The van der Waals surface area contributed by atoms with Crippen LogP contribution in [0, 0.1) is 0 Å². The number of amides is 2. The first-order valence-corrected chi connectivity index (χ1v) is 7.07. The molecule has 21 heavy (non-hydrogen) atoms. The Balaban J connectivity index is 2.02. The first-order chi connectivity index (χ1) is 9.99. The Morgan fingerprint density at radius 3 is 2.57 bits per heavy atom. The summed E-state index contributed by atoms with van der Waals surface area (Å²) in [6.45, 7) is 2.87. The van der Waals surface area contributed by atoms with Crippen LogP contribution in [0.3, 0.4) is 0 Å². The zero-order chi connectivity index (χ0) is 15.4. The number of likely N-dealkylation sites (tertiary alicyclic amines) is 1. The minimum atomic E-state index is -0.167. The Morgan fingerprint density at radius 2 is 2.00 bits per heavy atom. The van der Waals surface area contributed by atoms with Crippen molar-refractivity contribution in [3.8, 4) is 0 Å². The lowest BCUT2D eigenvalue weighted by molar-refractivity contribution is -0.125. The third-order valence-electron chi connectivity index (χ3n) is 3.64. The van der Waals surface area contributed by atoms with E-state index in [0.717, 1.165) is 11.3 Å². The van der Waals surface area contributed by atoms with Crippen LogP contribution in [0.2, 0.25) is 0 Å². The molecule has 1 aliphatic heterocycles. The molecule has 0 spiro atoms. The number of nitrogens with zero attached hydrogens (tertiary/aromatic N) is 1. The number of hydrogen-bond donors (Lipinski definition) is 3. The van der Waals surface area contributed by atoms with Gasteiger partial charge in [0, 0.05) is 38.8 Å². The van der Waals surface area contributed by atoms with Crippen molar-refractivity contribution in [2.24, 2.45) is 5.73 Å². The minimum absolute atomic E-state index is 0.0119. The molecule has 0 bridgehead atoms. The lowest BCUT2D eigenvalue weighted by Gasteiger charge is -2.23. The Hall–Kier alpha value is -1.92. The summed E-state index contributed by atoms with van der Waals surface area (Å²) in [6.07, 6.45) is 0.684. The molecule has 2 rings (SSSR count). The van der Waals surface area contributed by atoms with E-state index in [4.69, 9.17) is 5.73 Å². The number of rotatable bonds is 4. The third kappa shape index (κ3) is 4.03. The summed E-state index contributed by atoms with van der Waals surface area (Å²) >= 11 is 0. The van der Waals surface area contributed by atoms with Crippen molar-refractivity contribution in [3.63, 3.8) is 0 Å². The van der Waals surface area contributed by atoms with Crippen molar-refractivity contribution in [1.29, 1.82) is 0 Å². The van der Waals surface area contributed by atoms with Gasteiger partial charge in [0.25, 0.3) is 0 Å². The van der Waals surface area contributed by atoms with Crippen LogP contribution in [0.5, 0.6) is 0 Å². The van der Waals surface area contributed by atoms with Crippen LogP contribution < -0.4 is 16.4 Å². The Labute approximate surface area is 124 Å². The van der Waals surface area contributed by atoms with Gasteiger partial charge in [-0.25, -0.2) is 0 Å². The highest BCUT2D eigenvalue weighted by Gasteiger charge is 2.34. The summed E-state index contributed by atoms with van der Waals surface area (Å²) < 4.78 is 0. The monoisotopic (exact) mass is 290 g/mol. The molecule has 1 aromatic rings. The molecule has 2 atom stereocenters. The molecule has 2 amide bonds. The third-order valence-corrected chi connectivity index (χ3v) is 3.64. The van der Waals surface area contributed by atoms with Gasteiger partial charge in [0.1, 0.15) is 0 Å². The molecule has 4 N–H and O–H groups in total. The van der Waals surface area contributed by atoms with E-state index in [2.05, 4.69) is 15.5 Å². The Bertz CT molecular complexity index is 515. The van der Waals surface area contributed by atoms with Crippen molar-refractivity contribution in [3.05, 3.63) is 29.8 Å². The van der Waals surface area contributed by atoms with Crippen LogP contribution in [0.4, 0.5) is 5.69 Å². The van der Waals surface area contributed by atoms with E-state index < -0.39 is 0 Å². The van der Waals surface area contributed by atoms with Gasteiger partial charge in [0.2, 0.25) is 11.8 Å². The summed E-state index contributed by atoms with van der Waals surface area (Å²) in [5, 5.41) is 5.42. The molecule has 0 aliphatic carbocycles. The fourth-order valence-corrected chi connectivity index (χ4v) is 2.68. The molecule has 114 valence electrons. The maximum Gasteiger partial charge on any atom is 0.237 e. The Morgan fingerprint density at radius 1 is 1.33 bits per heavy atom. The van der Waals surface area contributed by atoms with Gasteiger partial charge in [-0.05, 0) is 24.1 Å². The fourth-order valence-electron chi connectivity index (χ4n) is 2.68. The number of carbonyl (C=O) groups excluding carboxylic acids is 2. The van der Waals surface area contributed by atoms with E-state index in [-0.39, 0.29) is 23.9 Å². The molecule has 0 aromatic heterocycles. The summed E-state index contributed by atoms with van der Waals surface area (Å²) in [5.74, 6) is -0.0780. The number of anilines is 1. The van der Waals surface area contributed by atoms with E-state index in [9.17, 15) is 9.59 Å². The average Bonchev–Trinajstić information content (AvgIpc) is 2.80. The zero-order valence-electron chi connectivity index (χ0n) is 12.4. The number of nitrogens with two attached hydrogens (primary N) is 1. The predicted molar refractivity (Wildman–Crippen MR) is 81.6 cm³/mol. The summed E-state index contributed by atoms with van der Waals surface area (Å²) in [4.78, 5) is 25.0. The van der Waals surface area contributed by atoms with Crippen molar-refractivity contribution in [2.75, 3.05) is 18.9 Å². The average molecular weight is 290 g/mol. The number of carbonyl (C=O) groups is 2. The van der Waals surface area contributed by atoms with Gasteiger partial charge in [0.15, 0.2) is 0 Å². The van der Waals surface area contributed by atoms with Gasteiger partial charge < -0.3 is 16.4 Å². The quantitative estimate of drug-likeness (QED) is 0.744. The van der Waals surface area contributed by atoms with Gasteiger partial charge in [-0.1, -0.05) is 12.1 Å². The molecule has 0 radical (unpaired) electrons. The molecule has 1 aromatic carbocycles. The second-order valence-electron chi connectivity index (χ2n) is 5.43. The van der Waals surface area contributed by atoms with Crippen LogP contribution in [0.25, 0.3) is 0 Å². The first kappa shape index (κ1) is 15.5. The van der Waals surface area contributed by atoms with Crippen LogP contribution in [-0.4, -0.2) is 42.4 Å². The molecule has 1 fully saturated rings. The fraction of sp³-hybridized carbons (Fsp3) is 0.467. The first-order valence-electron chi connectivity index (χ1n) is 7.07. The largest absolute Gasteiger partial charge is 0.358 e. The number of hydrogen-bond acceptors (Lipinski definition) is 4. The summed E-state index contributed by atoms with van der Waals surface area (Å²) in [6, 6.07) is 7.50. The maximum atomic E-state index is 11.9. The molecule has 1 aliphatic rings. The molecular weight excluding hydrogens is 268 g/mol. The van der Waals surface area contributed by atoms with Gasteiger partial charge in [0.05, 0.1) is 6.04 Å². The summed E-state index contributed by atoms with van der Waals surface area (Å²) in [5.41, 5.74) is 7.83. The molecule has 6 heteroatoms. The molecular formula is C15H22N4O2. The normalized spacial score (nSPS) is 22.0. The second kappa shape index (κ2) is 6.69.